The summed E-state index contributed by atoms with van der Waals surface area (Å²) in [7, 11) is 1.93. The molecule has 0 saturated carbocycles. The summed E-state index contributed by atoms with van der Waals surface area (Å²) in [5.74, 6) is 2.99. The van der Waals surface area contributed by atoms with Crippen molar-refractivity contribution in [3.63, 3.8) is 0 Å². The molecule has 0 aliphatic heterocycles. The highest BCUT2D eigenvalue weighted by Crippen LogP contribution is 2.14. The number of imidazole rings is 1. The van der Waals surface area contributed by atoms with E-state index in [0.717, 1.165) is 16.9 Å². The molecule has 0 aliphatic carbocycles. The van der Waals surface area contributed by atoms with Crippen LogP contribution in [0.3, 0.4) is 0 Å². The fourth-order valence-corrected chi connectivity index (χ4v) is 1.36. The molecule has 2 rings (SSSR count). The Labute approximate surface area is 75.8 Å². The highest BCUT2D eigenvalue weighted by molar-refractivity contribution is 5.81. The summed E-state index contributed by atoms with van der Waals surface area (Å²) in [5, 5.41) is 6.85. The zero-order chi connectivity index (χ0) is 9.26. The Hall–Kier alpha value is -1.86. The van der Waals surface area contributed by atoms with Crippen molar-refractivity contribution in [2.24, 2.45) is 7.05 Å². The van der Waals surface area contributed by atoms with Crippen LogP contribution in [-0.4, -0.2) is 15.4 Å². The second-order valence-corrected chi connectivity index (χ2v) is 2.81. The van der Waals surface area contributed by atoms with E-state index >= 15 is 0 Å². The summed E-state index contributed by atoms with van der Waals surface area (Å²) in [6.45, 7) is 0. The van der Waals surface area contributed by atoms with E-state index in [1.165, 1.54) is 0 Å². The lowest BCUT2D eigenvalue weighted by Gasteiger charge is -1.94. The predicted octanol–water partition coefficient (Wildman–Crippen LogP) is 1.83. The highest BCUT2D eigenvalue weighted by Gasteiger charge is 2.02. The molecule has 0 unspecified atom stereocenters. The Kier molecular flexibility index (Phi) is 1.72. The molecule has 1 aromatic heterocycles. The van der Waals surface area contributed by atoms with Crippen LogP contribution in [0.2, 0.25) is 0 Å². The van der Waals surface area contributed by atoms with Gasteiger partial charge in [0, 0.05) is 13.1 Å². The predicted molar refractivity (Wildman–Crippen MR) is 52.9 cm³/mol. The van der Waals surface area contributed by atoms with Crippen LogP contribution in [0.1, 0.15) is 5.82 Å². The molecule has 13 heavy (non-hydrogen) atoms. The van der Waals surface area contributed by atoms with Gasteiger partial charge >= 0.3 is 0 Å². The first-order valence-corrected chi connectivity index (χ1v) is 4.00. The molecule has 1 aromatic carbocycles. The summed E-state index contributed by atoms with van der Waals surface area (Å²) >= 11 is 0. The summed E-state index contributed by atoms with van der Waals surface area (Å²) in [6.07, 6.45) is 1.56. The van der Waals surface area contributed by atoms with Gasteiger partial charge in [-0.3, -0.25) is 5.41 Å². The molecule has 64 valence electrons. The van der Waals surface area contributed by atoms with Gasteiger partial charge in [0.25, 0.3) is 0 Å². The van der Waals surface area contributed by atoms with E-state index in [1.54, 1.807) is 6.08 Å². The molecule has 0 saturated heterocycles. The monoisotopic (exact) mass is 171 g/mol. The number of para-hydroxylation sites is 2. The number of aryl methyl sites for hydroxylation is 1. The van der Waals surface area contributed by atoms with Crippen LogP contribution in [0.4, 0.5) is 0 Å². The molecule has 0 amide bonds. The summed E-state index contributed by atoms with van der Waals surface area (Å²) in [5.41, 5.74) is 2.02. The van der Waals surface area contributed by atoms with Gasteiger partial charge in [0.2, 0.25) is 0 Å². The second-order valence-electron chi connectivity index (χ2n) is 2.81. The van der Waals surface area contributed by atoms with Crippen LogP contribution >= 0.6 is 0 Å². The number of hydrogen-bond acceptors (Lipinski definition) is 2. The van der Waals surface area contributed by atoms with Crippen LogP contribution in [-0.2, 0) is 7.05 Å². The maximum absolute atomic E-state index is 6.85. The minimum absolute atomic E-state index is 0.760. The van der Waals surface area contributed by atoms with E-state index in [0.29, 0.717) is 0 Å². The third-order valence-corrected chi connectivity index (χ3v) is 2.02. The standard InChI is InChI=1S/C10H9N3/c1-13-9-5-3-2-4-8(9)12-10(13)6-7-11/h2-6,11H,1H3. The van der Waals surface area contributed by atoms with Crippen molar-refractivity contribution in [1.29, 1.82) is 5.41 Å². The first-order chi connectivity index (χ1) is 6.33. The maximum atomic E-state index is 6.85. The van der Waals surface area contributed by atoms with Crippen molar-refractivity contribution in [3.8, 4) is 0 Å². The van der Waals surface area contributed by atoms with E-state index in [1.807, 2.05) is 35.9 Å². The fourth-order valence-electron chi connectivity index (χ4n) is 1.36. The minimum Gasteiger partial charge on any atom is -0.327 e. The lowest BCUT2D eigenvalue weighted by atomic mass is 10.3. The zero-order valence-electron chi connectivity index (χ0n) is 7.28. The quantitative estimate of drug-likeness (QED) is 0.653. The largest absolute Gasteiger partial charge is 0.327 e. The second kappa shape index (κ2) is 2.88. The molecule has 0 atom stereocenters. The molecule has 2 aromatic rings. The molecule has 0 spiro atoms. The number of nitrogens with zero attached hydrogens (tertiary/aromatic N) is 2. The van der Waals surface area contributed by atoms with E-state index in [2.05, 4.69) is 10.9 Å². The number of rotatable bonds is 1. The van der Waals surface area contributed by atoms with Crippen molar-refractivity contribution in [2.45, 2.75) is 0 Å². The number of aromatic nitrogens is 2. The van der Waals surface area contributed by atoms with E-state index < -0.39 is 0 Å². The SMILES string of the molecule is Cn1c(C=C=N)nc2ccccc21. The lowest BCUT2D eigenvalue weighted by molar-refractivity contribution is 0.931. The van der Waals surface area contributed by atoms with E-state index in [9.17, 15) is 0 Å². The lowest BCUT2D eigenvalue weighted by Crippen LogP contribution is -1.90. The molecule has 1 heterocycles. The zero-order valence-corrected chi connectivity index (χ0v) is 7.28. The smallest absolute Gasteiger partial charge is 0.142 e. The molecular formula is C10H9N3. The molecule has 0 radical (unpaired) electrons. The molecule has 1 N–H and O–H groups in total. The fraction of sp³-hybridized carbons (Fsp3) is 0.100. The molecule has 0 fully saturated rings. The average molecular weight is 171 g/mol. The van der Waals surface area contributed by atoms with Crippen molar-refractivity contribution >= 4 is 23.0 Å². The topological polar surface area (TPSA) is 41.7 Å². The number of hydrogen-bond donors (Lipinski definition) is 1. The summed E-state index contributed by atoms with van der Waals surface area (Å²) < 4.78 is 1.94. The summed E-state index contributed by atoms with van der Waals surface area (Å²) in [6, 6.07) is 7.88. The van der Waals surface area contributed by atoms with Gasteiger partial charge in [-0.25, -0.2) is 4.98 Å². The van der Waals surface area contributed by atoms with Crippen LogP contribution in [0.15, 0.2) is 24.3 Å². The van der Waals surface area contributed by atoms with Gasteiger partial charge in [-0.2, -0.15) is 0 Å². The van der Waals surface area contributed by atoms with Crippen molar-refractivity contribution < 1.29 is 0 Å². The van der Waals surface area contributed by atoms with Crippen molar-refractivity contribution in [3.05, 3.63) is 30.1 Å². The van der Waals surface area contributed by atoms with Crippen LogP contribution < -0.4 is 0 Å². The van der Waals surface area contributed by atoms with E-state index in [-0.39, 0.29) is 0 Å². The Balaban J connectivity index is 2.80. The van der Waals surface area contributed by atoms with E-state index in [4.69, 9.17) is 5.41 Å². The average Bonchev–Trinajstić information content (AvgIpc) is 2.46. The molecule has 3 nitrogen and oxygen atoms in total. The Morgan fingerprint density at radius 3 is 2.92 bits per heavy atom. The molecule has 3 heteroatoms. The van der Waals surface area contributed by atoms with Gasteiger partial charge in [-0.15, -0.1) is 0 Å². The Bertz CT molecular complexity index is 490. The number of nitrogens with one attached hydrogen (secondary N) is 1. The number of fused-ring (bicyclic) bond motifs is 1. The minimum atomic E-state index is 0.760. The van der Waals surface area contributed by atoms with Crippen molar-refractivity contribution in [2.75, 3.05) is 0 Å². The maximum Gasteiger partial charge on any atom is 0.142 e. The molecule has 0 bridgehead atoms. The van der Waals surface area contributed by atoms with Crippen molar-refractivity contribution in [1.82, 2.24) is 9.55 Å². The van der Waals surface area contributed by atoms with Gasteiger partial charge in [-0.05, 0) is 18.0 Å². The third kappa shape index (κ3) is 1.15. The van der Waals surface area contributed by atoms with Gasteiger partial charge in [0.05, 0.1) is 11.0 Å². The molecular weight excluding hydrogens is 162 g/mol. The Morgan fingerprint density at radius 2 is 2.23 bits per heavy atom. The van der Waals surface area contributed by atoms with Gasteiger partial charge in [0.15, 0.2) is 0 Å². The third-order valence-electron chi connectivity index (χ3n) is 2.02. The van der Waals surface area contributed by atoms with Gasteiger partial charge < -0.3 is 4.57 Å². The Morgan fingerprint density at radius 1 is 1.46 bits per heavy atom. The summed E-state index contributed by atoms with van der Waals surface area (Å²) in [4.78, 5) is 4.33. The normalized spacial score (nSPS) is 9.92. The van der Waals surface area contributed by atoms with Crippen LogP contribution in [0.25, 0.3) is 17.1 Å². The number of benzene rings is 1. The van der Waals surface area contributed by atoms with Gasteiger partial charge in [-0.1, -0.05) is 12.1 Å². The van der Waals surface area contributed by atoms with Crippen LogP contribution in [0, 0.1) is 5.41 Å². The van der Waals surface area contributed by atoms with Gasteiger partial charge in [0.1, 0.15) is 5.82 Å². The highest BCUT2D eigenvalue weighted by atomic mass is 15.0. The molecule has 0 aliphatic rings. The van der Waals surface area contributed by atoms with Crippen LogP contribution in [0.5, 0.6) is 0 Å². The first-order valence-electron chi connectivity index (χ1n) is 4.00. The first kappa shape index (κ1) is 7.77.